The molecule has 0 heterocycles. The van der Waals surface area contributed by atoms with Gasteiger partial charge in [0.15, 0.2) is 0 Å². The summed E-state index contributed by atoms with van der Waals surface area (Å²) in [6.07, 6.45) is 4.07. The van der Waals surface area contributed by atoms with Crippen molar-refractivity contribution in [2.45, 2.75) is 39.0 Å². The Morgan fingerprint density at radius 2 is 2.10 bits per heavy atom. The summed E-state index contributed by atoms with van der Waals surface area (Å²) >= 11 is 3.22. The highest BCUT2D eigenvalue weighted by Gasteiger charge is 2.39. The average molecular weight is 342 g/mol. The Kier molecular flexibility index (Phi) is 4.97. The highest BCUT2D eigenvalue weighted by Crippen LogP contribution is 2.40. The molecule has 1 saturated carbocycles. The van der Waals surface area contributed by atoms with Gasteiger partial charge in [0, 0.05) is 18.4 Å². The van der Waals surface area contributed by atoms with Crippen LogP contribution in [0, 0.1) is 17.2 Å². The molecule has 1 aromatic rings. The van der Waals surface area contributed by atoms with Gasteiger partial charge in [0.1, 0.15) is 11.6 Å². The lowest BCUT2D eigenvalue weighted by molar-refractivity contribution is -0.129. The lowest BCUT2D eigenvalue weighted by Crippen LogP contribution is -2.42. The summed E-state index contributed by atoms with van der Waals surface area (Å²) in [4.78, 5) is 12.7. The van der Waals surface area contributed by atoms with E-state index >= 15 is 0 Å². The lowest BCUT2D eigenvalue weighted by Gasteiger charge is -2.37. The van der Waals surface area contributed by atoms with Crippen LogP contribution in [-0.4, -0.2) is 12.3 Å². The maximum atomic E-state index is 13.5. The first-order chi connectivity index (χ1) is 9.48. The second-order valence-electron chi connectivity index (χ2n) is 5.98. The minimum absolute atomic E-state index is 0.151. The van der Waals surface area contributed by atoms with E-state index in [2.05, 4.69) is 22.9 Å². The molecule has 2 rings (SSSR count). The molecule has 0 atom stereocenters. The van der Waals surface area contributed by atoms with Crippen molar-refractivity contribution < 1.29 is 9.18 Å². The molecule has 0 radical (unpaired) electrons. The third-order valence-corrected chi connectivity index (χ3v) is 5.48. The molecule has 20 heavy (non-hydrogen) atoms. The Labute approximate surface area is 128 Å². The summed E-state index contributed by atoms with van der Waals surface area (Å²) in [6.45, 7) is 2.61. The Bertz CT molecular complexity index is 495. The summed E-state index contributed by atoms with van der Waals surface area (Å²) in [5, 5.41) is 0. The average Bonchev–Trinajstić information content (AvgIpc) is 2.45. The van der Waals surface area contributed by atoms with Crippen molar-refractivity contribution >= 4 is 21.7 Å². The van der Waals surface area contributed by atoms with Gasteiger partial charge in [-0.15, -0.1) is 0 Å². The summed E-state index contributed by atoms with van der Waals surface area (Å²) < 4.78 is 13.9. The van der Waals surface area contributed by atoms with Crippen molar-refractivity contribution in [2.75, 3.05) is 6.54 Å². The second-order valence-corrected chi connectivity index (χ2v) is 6.77. The largest absolute Gasteiger partial charge is 0.329 e. The normalized spacial score (nSPS) is 26.5. The molecule has 4 heteroatoms. The van der Waals surface area contributed by atoms with E-state index in [1.165, 1.54) is 6.07 Å². The summed E-state index contributed by atoms with van der Waals surface area (Å²) in [6, 6.07) is 4.82. The van der Waals surface area contributed by atoms with Gasteiger partial charge in [-0.2, -0.15) is 0 Å². The molecule has 0 aliphatic heterocycles. The third-order valence-electron chi connectivity index (χ3n) is 4.60. The smallest absolute Gasteiger partial charge is 0.144 e. The van der Waals surface area contributed by atoms with Gasteiger partial charge in [0.2, 0.25) is 0 Å². The first kappa shape index (κ1) is 15.6. The fourth-order valence-electron chi connectivity index (χ4n) is 2.96. The van der Waals surface area contributed by atoms with E-state index < -0.39 is 5.41 Å². The van der Waals surface area contributed by atoms with Crippen molar-refractivity contribution in [3.8, 4) is 0 Å². The van der Waals surface area contributed by atoms with E-state index in [9.17, 15) is 9.18 Å². The summed E-state index contributed by atoms with van der Waals surface area (Å²) in [5.74, 6) is 0.496. The SMILES string of the molecule is CC1CCC(CN)(C(=O)Cc2cccc(F)c2Br)CC1. The third kappa shape index (κ3) is 3.12. The van der Waals surface area contributed by atoms with E-state index in [4.69, 9.17) is 5.73 Å². The van der Waals surface area contributed by atoms with Gasteiger partial charge in [0.05, 0.1) is 4.47 Å². The monoisotopic (exact) mass is 341 g/mol. The zero-order chi connectivity index (χ0) is 14.8. The number of carbonyl (C=O) groups excluding carboxylic acids is 1. The van der Waals surface area contributed by atoms with Gasteiger partial charge in [-0.05, 0) is 59.2 Å². The van der Waals surface area contributed by atoms with Crippen LogP contribution in [0.4, 0.5) is 4.39 Å². The molecule has 1 aliphatic rings. The van der Waals surface area contributed by atoms with Crippen molar-refractivity contribution in [3.63, 3.8) is 0 Å². The van der Waals surface area contributed by atoms with Crippen LogP contribution in [0.2, 0.25) is 0 Å². The Morgan fingerprint density at radius 3 is 2.70 bits per heavy atom. The number of hydrogen-bond donors (Lipinski definition) is 1. The van der Waals surface area contributed by atoms with Crippen LogP contribution in [0.3, 0.4) is 0 Å². The molecule has 2 nitrogen and oxygen atoms in total. The van der Waals surface area contributed by atoms with Gasteiger partial charge in [-0.25, -0.2) is 4.39 Å². The number of carbonyl (C=O) groups is 1. The minimum atomic E-state index is -0.404. The van der Waals surface area contributed by atoms with E-state index in [0.717, 1.165) is 25.7 Å². The van der Waals surface area contributed by atoms with Crippen molar-refractivity contribution in [3.05, 3.63) is 34.1 Å². The van der Waals surface area contributed by atoms with Crippen LogP contribution >= 0.6 is 15.9 Å². The van der Waals surface area contributed by atoms with Gasteiger partial charge >= 0.3 is 0 Å². The molecular weight excluding hydrogens is 321 g/mol. The highest BCUT2D eigenvalue weighted by atomic mass is 79.9. The number of nitrogens with two attached hydrogens (primary N) is 1. The topological polar surface area (TPSA) is 43.1 Å². The van der Waals surface area contributed by atoms with Gasteiger partial charge in [-0.3, -0.25) is 4.79 Å². The maximum Gasteiger partial charge on any atom is 0.144 e. The predicted octanol–water partition coefficient (Wildman–Crippen LogP) is 3.86. The van der Waals surface area contributed by atoms with Crippen LogP contribution in [0.15, 0.2) is 22.7 Å². The molecule has 0 saturated heterocycles. The standard InChI is InChI=1S/C16H21BrFNO/c1-11-5-7-16(10-19,8-6-11)14(20)9-12-3-2-4-13(18)15(12)17/h2-4,11H,5-10,19H2,1H3. The quantitative estimate of drug-likeness (QED) is 0.903. The van der Waals surface area contributed by atoms with Crippen LogP contribution in [0.5, 0.6) is 0 Å². The van der Waals surface area contributed by atoms with E-state index in [0.29, 0.717) is 22.5 Å². The number of hydrogen-bond acceptors (Lipinski definition) is 2. The molecule has 110 valence electrons. The summed E-state index contributed by atoms with van der Waals surface area (Å²) in [5.41, 5.74) is 6.20. The molecule has 1 aliphatic carbocycles. The van der Waals surface area contributed by atoms with Crippen molar-refractivity contribution in [1.82, 2.24) is 0 Å². The van der Waals surface area contributed by atoms with Gasteiger partial charge in [-0.1, -0.05) is 19.1 Å². The number of ketones is 1. The minimum Gasteiger partial charge on any atom is -0.329 e. The van der Waals surface area contributed by atoms with E-state index in [-0.39, 0.29) is 18.0 Å². The Balaban J connectivity index is 2.16. The molecule has 0 aromatic heterocycles. The molecule has 0 spiro atoms. The molecule has 0 amide bonds. The number of benzene rings is 1. The fraction of sp³-hybridized carbons (Fsp3) is 0.562. The van der Waals surface area contributed by atoms with Crippen LogP contribution in [0.1, 0.15) is 38.2 Å². The van der Waals surface area contributed by atoms with Crippen molar-refractivity contribution in [2.24, 2.45) is 17.1 Å². The Hall–Kier alpha value is -0.740. The number of Topliss-reactive ketones (excluding diaryl/α,β-unsaturated/α-hetero) is 1. The molecule has 1 aromatic carbocycles. The Morgan fingerprint density at radius 1 is 1.45 bits per heavy atom. The summed E-state index contributed by atoms with van der Waals surface area (Å²) in [7, 11) is 0. The van der Waals surface area contributed by atoms with Crippen LogP contribution in [-0.2, 0) is 11.2 Å². The van der Waals surface area contributed by atoms with Crippen LogP contribution in [0.25, 0.3) is 0 Å². The molecule has 0 bridgehead atoms. The lowest BCUT2D eigenvalue weighted by atomic mass is 9.67. The molecular formula is C16H21BrFNO. The number of halogens is 2. The first-order valence-electron chi connectivity index (χ1n) is 7.15. The number of rotatable bonds is 4. The van der Waals surface area contributed by atoms with Crippen molar-refractivity contribution in [1.29, 1.82) is 0 Å². The highest BCUT2D eigenvalue weighted by molar-refractivity contribution is 9.10. The zero-order valence-electron chi connectivity index (χ0n) is 11.8. The predicted molar refractivity (Wildman–Crippen MR) is 81.9 cm³/mol. The first-order valence-corrected chi connectivity index (χ1v) is 7.94. The fourth-order valence-corrected chi connectivity index (χ4v) is 3.36. The second kappa shape index (κ2) is 6.35. The van der Waals surface area contributed by atoms with E-state index in [1.807, 2.05) is 0 Å². The van der Waals surface area contributed by atoms with Gasteiger partial charge in [0.25, 0.3) is 0 Å². The van der Waals surface area contributed by atoms with Gasteiger partial charge < -0.3 is 5.73 Å². The van der Waals surface area contributed by atoms with Crippen LogP contribution < -0.4 is 5.73 Å². The molecule has 1 fully saturated rings. The molecule has 2 N–H and O–H groups in total. The zero-order valence-corrected chi connectivity index (χ0v) is 13.4. The maximum absolute atomic E-state index is 13.5. The molecule has 0 unspecified atom stereocenters. The van der Waals surface area contributed by atoms with E-state index in [1.54, 1.807) is 12.1 Å².